The molecule has 2 aliphatic rings. The Labute approximate surface area is 153 Å². The molecule has 1 aliphatic carbocycles. The van der Waals surface area contributed by atoms with Crippen molar-refractivity contribution in [3.05, 3.63) is 34.1 Å². The van der Waals surface area contributed by atoms with Gasteiger partial charge in [0.2, 0.25) is 5.91 Å². The Morgan fingerprint density at radius 1 is 1.12 bits per heavy atom. The largest absolute Gasteiger partial charge is 0.366 e. The number of nitrogens with one attached hydrogen (secondary N) is 1. The Morgan fingerprint density at radius 2 is 1.88 bits per heavy atom. The highest BCUT2D eigenvalue weighted by atomic mass is 16.1. The average molecular weight is 356 g/mol. The molecule has 4 rings (SSSR count). The summed E-state index contributed by atoms with van der Waals surface area (Å²) in [6, 6.07) is 5.24. The lowest BCUT2D eigenvalue weighted by atomic mass is 9.88. The van der Waals surface area contributed by atoms with Crippen LogP contribution in [0, 0.1) is 5.92 Å². The van der Waals surface area contributed by atoms with Gasteiger partial charge in [-0.05, 0) is 50.2 Å². The van der Waals surface area contributed by atoms with E-state index in [1.54, 1.807) is 16.8 Å². The highest BCUT2D eigenvalue weighted by Crippen LogP contribution is 2.31. The number of aromatic amines is 1. The van der Waals surface area contributed by atoms with Gasteiger partial charge in [-0.25, -0.2) is 4.68 Å². The fraction of sp³-hybridized carbons (Fsp3) is 0.600. The third kappa shape index (κ3) is 3.18. The number of nitrogens with two attached hydrogens (primary N) is 1. The van der Waals surface area contributed by atoms with E-state index in [1.807, 2.05) is 6.07 Å². The third-order valence-electron chi connectivity index (χ3n) is 6.10. The molecule has 1 saturated heterocycles. The molecule has 0 bridgehead atoms. The van der Waals surface area contributed by atoms with Gasteiger partial charge >= 0.3 is 0 Å². The minimum Gasteiger partial charge on any atom is -0.366 e. The highest BCUT2D eigenvalue weighted by molar-refractivity contribution is 6.05. The Kier molecular flexibility index (Phi) is 4.85. The highest BCUT2D eigenvalue weighted by Gasteiger charge is 2.29. The lowest BCUT2D eigenvalue weighted by Gasteiger charge is -2.38. The quantitative estimate of drug-likeness (QED) is 0.883. The Balaban J connectivity index is 1.68. The number of primary amides is 1. The fourth-order valence-corrected chi connectivity index (χ4v) is 4.77. The molecule has 6 heteroatoms. The van der Waals surface area contributed by atoms with E-state index in [2.05, 4.69) is 10.00 Å². The molecular weight excluding hydrogens is 328 g/mol. The summed E-state index contributed by atoms with van der Waals surface area (Å²) in [5.74, 6) is 0.187. The van der Waals surface area contributed by atoms with Gasteiger partial charge < -0.3 is 5.73 Å². The van der Waals surface area contributed by atoms with E-state index in [-0.39, 0.29) is 11.7 Å². The van der Waals surface area contributed by atoms with Crippen molar-refractivity contribution in [2.45, 2.75) is 57.5 Å². The fourth-order valence-electron chi connectivity index (χ4n) is 4.77. The third-order valence-corrected chi connectivity index (χ3v) is 6.10. The van der Waals surface area contributed by atoms with Crippen LogP contribution < -0.4 is 11.3 Å². The molecule has 1 aromatic carbocycles. The lowest BCUT2D eigenvalue weighted by Crippen LogP contribution is -2.43. The molecule has 140 valence electrons. The average Bonchev–Trinajstić information content (AvgIpc) is 3.00. The summed E-state index contributed by atoms with van der Waals surface area (Å²) in [4.78, 5) is 27.3. The maximum atomic E-state index is 13.1. The van der Waals surface area contributed by atoms with E-state index in [1.165, 1.54) is 38.5 Å². The summed E-state index contributed by atoms with van der Waals surface area (Å²) in [7, 11) is 0. The zero-order valence-corrected chi connectivity index (χ0v) is 15.2. The van der Waals surface area contributed by atoms with Crippen LogP contribution in [0.1, 0.15) is 67.9 Å². The van der Waals surface area contributed by atoms with Gasteiger partial charge in [0.15, 0.2) is 0 Å². The van der Waals surface area contributed by atoms with E-state index in [0.29, 0.717) is 16.5 Å². The van der Waals surface area contributed by atoms with Gasteiger partial charge in [-0.15, -0.1) is 0 Å². The van der Waals surface area contributed by atoms with Crippen molar-refractivity contribution < 1.29 is 4.79 Å². The first-order chi connectivity index (χ1) is 12.6. The Morgan fingerprint density at radius 3 is 2.65 bits per heavy atom. The van der Waals surface area contributed by atoms with Gasteiger partial charge in [0, 0.05) is 13.1 Å². The number of fused-ring (bicyclic) bond motifs is 1. The zero-order valence-electron chi connectivity index (χ0n) is 15.2. The molecule has 1 unspecified atom stereocenters. The summed E-state index contributed by atoms with van der Waals surface area (Å²) >= 11 is 0. The predicted octanol–water partition coefficient (Wildman–Crippen LogP) is 2.99. The predicted molar refractivity (Wildman–Crippen MR) is 102 cm³/mol. The smallest absolute Gasteiger partial charge is 0.276 e. The first kappa shape index (κ1) is 17.3. The van der Waals surface area contributed by atoms with Crippen LogP contribution in [0.2, 0.25) is 0 Å². The van der Waals surface area contributed by atoms with Gasteiger partial charge in [-0.3, -0.25) is 19.6 Å². The standard InChI is InChI=1S/C20H28N4O2/c21-19(25)15-9-6-10-16-18(15)20(26)24(22-16)17-11-4-5-12-23(17)13-14-7-2-1-3-8-14/h6,9-10,14,17,22H,1-5,7-8,11-13H2,(H2,21,25). The summed E-state index contributed by atoms with van der Waals surface area (Å²) in [6.07, 6.45) is 9.94. The molecule has 6 nitrogen and oxygen atoms in total. The number of carbonyl (C=O) groups is 1. The number of hydrogen-bond acceptors (Lipinski definition) is 3. The number of likely N-dealkylation sites (tertiary alicyclic amines) is 1. The van der Waals surface area contributed by atoms with Gasteiger partial charge in [0.1, 0.15) is 6.17 Å². The molecule has 1 amide bonds. The SMILES string of the molecule is NC(=O)c1cccc2[nH]n(C3CCCCN3CC3CCCCC3)c(=O)c12. The lowest BCUT2D eigenvalue weighted by molar-refractivity contribution is 0.0596. The molecule has 2 fully saturated rings. The van der Waals surface area contributed by atoms with Crippen LogP contribution in [0.25, 0.3) is 10.9 Å². The van der Waals surface area contributed by atoms with E-state index in [9.17, 15) is 9.59 Å². The van der Waals surface area contributed by atoms with E-state index < -0.39 is 5.91 Å². The molecule has 1 aliphatic heterocycles. The minimum atomic E-state index is -0.554. The second-order valence-electron chi connectivity index (χ2n) is 7.85. The number of carbonyl (C=O) groups excluding carboxylic acids is 1. The summed E-state index contributed by atoms with van der Waals surface area (Å²) < 4.78 is 1.74. The number of H-pyrrole nitrogens is 1. The first-order valence-electron chi connectivity index (χ1n) is 9.92. The monoisotopic (exact) mass is 356 g/mol. The molecule has 1 aromatic heterocycles. The van der Waals surface area contributed by atoms with Crippen molar-refractivity contribution >= 4 is 16.8 Å². The number of benzene rings is 1. The topological polar surface area (TPSA) is 84.1 Å². The van der Waals surface area contributed by atoms with Gasteiger partial charge in [-0.1, -0.05) is 25.3 Å². The molecule has 2 heterocycles. The second-order valence-corrected chi connectivity index (χ2v) is 7.85. The molecule has 1 atom stereocenters. The number of amides is 1. The van der Waals surface area contributed by atoms with E-state index in [0.717, 1.165) is 31.8 Å². The van der Waals surface area contributed by atoms with Gasteiger partial charge in [-0.2, -0.15) is 0 Å². The molecular formula is C20H28N4O2. The summed E-state index contributed by atoms with van der Waals surface area (Å²) in [6.45, 7) is 2.10. The number of rotatable bonds is 4. The van der Waals surface area contributed by atoms with E-state index in [4.69, 9.17) is 5.73 Å². The number of piperidine rings is 1. The van der Waals surface area contributed by atoms with Crippen molar-refractivity contribution in [3.8, 4) is 0 Å². The number of aromatic nitrogens is 2. The van der Waals surface area contributed by atoms with Crippen molar-refractivity contribution in [2.24, 2.45) is 11.7 Å². The van der Waals surface area contributed by atoms with Crippen molar-refractivity contribution in [1.82, 2.24) is 14.7 Å². The van der Waals surface area contributed by atoms with Crippen LogP contribution in [0.15, 0.2) is 23.0 Å². The van der Waals surface area contributed by atoms with Crippen LogP contribution in [0.4, 0.5) is 0 Å². The van der Waals surface area contributed by atoms with E-state index >= 15 is 0 Å². The first-order valence-corrected chi connectivity index (χ1v) is 9.92. The second kappa shape index (κ2) is 7.27. The molecule has 1 saturated carbocycles. The molecule has 0 spiro atoms. The van der Waals surface area contributed by atoms with Crippen LogP contribution >= 0.6 is 0 Å². The number of nitrogens with zero attached hydrogens (tertiary/aromatic N) is 2. The molecule has 26 heavy (non-hydrogen) atoms. The minimum absolute atomic E-state index is 0.0475. The maximum Gasteiger partial charge on any atom is 0.276 e. The van der Waals surface area contributed by atoms with Crippen molar-refractivity contribution in [3.63, 3.8) is 0 Å². The summed E-state index contributed by atoms with van der Waals surface area (Å²) in [5.41, 5.74) is 6.34. The van der Waals surface area contributed by atoms with Gasteiger partial charge in [0.25, 0.3) is 5.56 Å². The normalized spacial score (nSPS) is 22.7. The van der Waals surface area contributed by atoms with Crippen LogP contribution in [0.5, 0.6) is 0 Å². The van der Waals surface area contributed by atoms with Crippen LogP contribution in [0.3, 0.4) is 0 Å². The van der Waals surface area contributed by atoms with Crippen LogP contribution in [-0.2, 0) is 0 Å². The molecule has 2 aromatic rings. The van der Waals surface area contributed by atoms with Crippen molar-refractivity contribution in [2.75, 3.05) is 13.1 Å². The van der Waals surface area contributed by atoms with Crippen molar-refractivity contribution in [1.29, 1.82) is 0 Å². The Hall–Kier alpha value is -2.08. The van der Waals surface area contributed by atoms with Gasteiger partial charge in [0.05, 0.1) is 16.5 Å². The molecule has 0 radical (unpaired) electrons. The van der Waals surface area contributed by atoms with Crippen LogP contribution in [-0.4, -0.2) is 33.7 Å². The maximum absolute atomic E-state index is 13.1. The summed E-state index contributed by atoms with van der Waals surface area (Å²) in [5, 5.41) is 3.67. The number of hydrogen-bond donors (Lipinski definition) is 2. The zero-order chi connectivity index (χ0) is 18.1. The molecule has 3 N–H and O–H groups in total. The Bertz CT molecular complexity index is 847.